The Morgan fingerprint density at radius 3 is 1.86 bits per heavy atom. The molecule has 0 bridgehead atoms. The molecule has 0 fully saturated rings. The molecule has 0 aliphatic rings. The van der Waals surface area contributed by atoms with Gasteiger partial charge in [-0.3, -0.25) is 0 Å². The van der Waals surface area contributed by atoms with Gasteiger partial charge in [-0.25, -0.2) is 4.79 Å². The first-order valence-electron chi connectivity index (χ1n) is 7.24. The van der Waals surface area contributed by atoms with Crippen molar-refractivity contribution in [3.05, 3.63) is 0 Å². The van der Waals surface area contributed by atoms with Crippen molar-refractivity contribution in [1.29, 1.82) is 0 Å². The highest BCUT2D eigenvalue weighted by Crippen LogP contribution is 2.34. The van der Waals surface area contributed by atoms with Gasteiger partial charge in [0.2, 0.25) is 0 Å². The molecule has 128 valence electrons. The predicted molar refractivity (Wildman–Crippen MR) is 75.9 cm³/mol. The van der Waals surface area contributed by atoms with E-state index >= 15 is 0 Å². The smallest absolute Gasteiger partial charge is 0.475 e. The van der Waals surface area contributed by atoms with E-state index in [1.807, 2.05) is 0 Å². The third-order valence-corrected chi connectivity index (χ3v) is 3.30. The standard InChI is InChI=1S/C12H27NO.C2HF3O2/c1-3-4-7-12(2,8-5-10-13)9-6-11-14;3-2(4,5)1(6)7/h14H,3-11,13H2,1-2H3;(H,6,7). The normalized spacial score (nSPS) is 14.0. The zero-order valence-corrected chi connectivity index (χ0v) is 12.9. The Bertz CT molecular complexity index is 249. The summed E-state index contributed by atoms with van der Waals surface area (Å²) in [6.07, 6.45) is 3.16. The Balaban J connectivity index is 0. The maximum Gasteiger partial charge on any atom is 0.490 e. The van der Waals surface area contributed by atoms with Crippen LogP contribution in [-0.2, 0) is 4.79 Å². The highest BCUT2D eigenvalue weighted by molar-refractivity contribution is 5.73. The third kappa shape index (κ3) is 13.9. The summed E-state index contributed by atoms with van der Waals surface area (Å²) >= 11 is 0. The van der Waals surface area contributed by atoms with Gasteiger partial charge < -0.3 is 15.9 Å². The van der Waals surface area contributed by atoms with Crippen LogP contribution in [0, 0.1) is 5.41 Å². The van der Waals surface area contributed by atoms with Crippen molar-refractivity contribution in [2.75, 3.05) is 13.2 Å². The van der Waals surface area contributed by atoms with E-state index in [0.717, 1.165) is 25.8 Å². The molecule has 1 unspecified atom stereocenters. The highest BCUT2D eigenvalue weighted by atomic mass is 19.4. The Hall–Kier alpha value is -0.820. The summed E-state index contributed by atoms with van der Waals surface area (Å²) in [7, 11) is 0. The van der Waals surface area contributed by atoms with Crippen molar-refractivity contribution in [2.45, 2.75) is 65.0 Å². The number of aliphatic hydroxyl groups is 1. The van der Waals surface area contributed by atoms with Gasteiger partial charge in [0.15, 0.2) is 0 Å². The van der Waals surface area contributed by atoms with E-state index in [0.29, 0.717) is 12.0 Å². The molecule has 7 heteroatoms. The summed E-state index contributed by atoms with van der Waals surface area (Å²) in [5.74, 6) is -2.76. The molecular formula is C14H28F3NO3. The van der Waals surface area contributed by atoms with Crippen LogP contribution in [0.5, 0.6) is 0 Å². The minimum absolute atomic E-state index is 0.324. The minimum atomic E-state index is -5.08. The predicted octanol–water partition coefficient (Wildman–Crippen LogP) is 3.33. The lowest BCUT2D eigenvalue weighted by molar-refractivity contribution is -0.192. The van der Waals surface area contributed by atoms with Gasteiger partial charge in [0.25, 0.3) is 0 Å². The van der Waals surface area contributed by atoms with Crippen molar-refractivity contribution in [1.82, 2.24) is 0 Å². The van der Waals surface area contributed by atoms with Crippen molar-refractivity contribution >= 4 is 5.97 Å². The lowest BCUT2D eigenvalue weighted by Crippen LogP contribution is -2.21. The van der Waals surface area contributed by atoms with Gasteiger partial charge in [0, 0.05) is 6.61 Å². The number of carboxylic acids is 1. The highest BCUT2D eigenvalue weighted by Gasteiger charge is 2.38. The molecule has 0 spiro atoms. The van der Waals surface area contributed by atoms with Gasteiger partial charge in [-0.2, -0.15) is 13.2 Å². The molecule has 0 aromatic carbocycles. The fourth-order valence-electron chi connectivity index (χ4n) is 2.01. The summed E-state index contributed by atoms with van der Waals surface area (Å²) in [6.45, 7) is 5.69. The zero-order chi connectivity index (χ0) is 16.9. The molecule has 0 radical (unpaired) electrons. The molecule has 1 atom stereocenters. The van der Waals surface area contributed by atoms with Crippen LogP contribution in [0.3, 0.4) is 0 Å². The molecule has 4 N–H and O–H groups in total. The topological polar surface area (TPSA) is 83.5 Å². The SMILES string of the molecule is CCCCC(C)(CCCN)CCCO.O=C(O)C(F)(F)F. The summed E-state index contributed by atoms with van der Waals surface area (Å²) < 4.78 is 31.7. The second kappa shape index (κ2) is 11.8. The maximum absolute atomic E-state index is 10.6. The quantitative estimate of drug-likeness (QED) is 0.609. The molecule has 4 nitrogen and oxygen atoms in total. The van der Waals surface area contributed by atoms with Crippen LogP contribution >= 0.6 is 0 Å². The second-order valence-electron chi connectivity index (χ2n) is 5.44. The van der Waals surface area contributed by atoms with Crippen LogP contribution in [0.1, 0.15) is 58.8 Å². The van der Waals surface area contributed by atoms with E-state index < -0.39 is 12.1 Å². The fraction of sp³-hybridized carbons (Fsp3) is 0.929. The number of unbranched alkanes of at least 4 members (excludes halogenated alkanes) is 1. The molecule has 0 heterocycles. The van der Waals surface area contributed by atoms with E-state index in [1.54, 1.807) is 0 Å². The Kier molecular flexibility index (Phi) is 12.6. The fourth-order valence-corrected chi connectivity index (χ4v) is 2.01. The van der Waals surface area contributed by atoms with Gasteiger partial charge in [0.05, 0.1) is 0 Å². The van der Waals surface area contributed by atoms with Gasteiger partial charge in [-0.05, 0) is 44.1 Å². The van der Waals surface area contributed by atoms with Crippen molar-refractivity contribution in [3.8, 4) is 0 Å². The second-order valence-corrected chi connectivity index (χ2v) is 5.44. The van der Waals surface area contributed by atoms with Crippen molar-refractivity contribution in [2.24, 2.45) is 11.1 Å². The first kappa shape index (κ1) is 22.5. The van der Waals surface area contributed by atoms with Crippen LogP contribution in [-0.4, -0.2) is 35.5 Å². The van der Waals surface area contributed by atoms with Gasteiger partial charge >= 0.3 is 12.1 Å². The molecule has 0 aliphatic heterocycles. The third-order valence-electron chi connectivity index (χ3n) is 3.30. The van der Waals surface area contributed by atoms with Gasteiger partial charge in [-0.15, -0.1) is 0 Å². The summed E-state index contributed by atoms with van der Waals surface area (Å²) in [5, 5.41) is 16.0. The molecule has 0 amide bonds. The molecular weight excluding hydrogens is 287 g/mol. The average molecular weight is 315 g/mol. The molecule has 0 saturated carbocycles. The van der Waals surface area contributed by atoms with Crippen LogP contribution in [0.2, 0.25) is 0 Å². The number of hydrogen-bond donors (Lipinski definition) is 3. The number of carboxylic acid groups (broad SMARTS) is 1. The largest absolute Gasteiger partial charge is 0.490 e. The number of nitrogens with two attached hydrogens (primary N) is 1. The number of rotatable bonds is 9. The van der Waals surface area contributed by atoms with E-state index in [4.69, 9.17) is 20.7 Å². The Morgan fingerprint density at radius 2 is 1.52 bits per heavy atom. The molecule has 0 saturated heterocycles. The molecule has 0 aliphatic carbocycles. The van der Waals surface area contributed by atoms with Crippen LogP contribution < -0.4 is 5.73 Å². The number of aliphatic carboxylic acids is 1. The van der Waals surface area contributed by atoms with E-state index in [9.17, 15) is 13.2 Å². The average Bonchev–Trinajstić information content (AvgIpc) is 2.40. The number of aliphatic hydroxyl groups excluding tert-OH is 1. The number of hydrogen-bond acceptors (Lipinski definition) is 3. The first-order chi connectivity index (χ1) is 9.63. The lowest BCUT2D eigenvalue weighted by atomic mass is 9.77. The Labute approximate surface area is 124 Å². The molecule has 21 heavy (non-hydrogen) atoms. The zero-order valence-electron chi connectivity index (χ0n) is 12.9. The van der Waals surface area contributed by atoms with Gasteiger partial charge in [0.1, 0.15) is 0 Å². The summed E-state index contributed by atoms with van der Waals surface area (Å²) in [5.41, 5.74) is 5.96. The van der Waals surface area contributed by atoms with Crippen molar-refractivity contribution in [3.63, 3.8) is 0 Å². The molecule has 0 aromatic rings. The monoisotopic (exact) mass is 315 g/mol. The van der Waals surface area contributed by atoms with Crippen LogP contribution in [0.4, 0.5) is 13.2 Å². The van der Waals surface area contributed by atoms with E-state index in [-0.39, 0.29) is 0 Å². The summed E-state index contributed by atoms with van der Waals surface area (Å²) in [4.78, 5) is 8.90. The Morgan fingerprint density at radius 1 is 1.10 bits per heavy atom. The minimum Gasteiger partial charge on any atom is -0.475 e. The van der Waals surface area contributed by atoms with E-state index in [2.05, 4.69) is 13.8 Å². The molecule has 0 aromatic heterocycles. The molecule has 0 rings (SSSR count). The van der Waals surface area contributed by atoms with Gasteiger partial charge in [-0.1, -0.05) is 26.7 Å². The summed E-state index contributed by atoms with van der Waals surface area (Å²) in [6, 6.07) is 0. The lowest BCUT2D eigenvalue weighted by Gasteiger charge is -2.29. The number of halogens is 3. The van der Waals surface area contributed by atoms with E-state index in [1.165, 1.54) is 25.7 Å². The first-order valence-corrected chi connectivity index (χ1v) is 7.24. The maximum atomic E-state index is 10.6. The van der Waals surface area contributed by atoms with Crippen LogP contribution in [0.15, 0.2) is 0 Å². The van der Waals surface area contributed by atoms with Crippen LogP contribution in [0.25, 0.3) is 0 Å². The number of carbonyl (C=O) groups is 1. The van der Waals surface area contributed by atoms with Crippen molar-refractivity contribution < 1.29 is 28.2 Å². The number of alkyl halides is 3.